The maximum absolute atomic E-state index is 11.5. The van der Waals surface area contributed by atoms with Gasteiger partial charge in [0.25, 0.3) is 0 Å². The normalized spacial score (nSPS) is 10.6. The minimum Gasteiger partial charge on any atom is -0.466 e. The third-order valence-corrected chi connectivity index (χ3v) is 5.13. The molecule has 0 bridgehead atoms. The molecule has 0 N–H and O–H groups in total. The zero-order valence-electron chi connectivity index (χ0n) is 14.5. The fourth-order valence-corrected chi connectivity index (χ4v) is 3.49. The van der Waals surface area contributed by atoms with Gasteiger partial charge in [0.2, 0.25) is 0 Å². The second-order valence-electron chi connectivity index (χ2n) is 5.03. The van der Waals surface area contributed by atoms with Crippen LogP contribution in [0.4, 0.5) is 5.69 Å². The number of thioether (sulfide) groups is 2. The zero-order valence-corrected chi connectivity index (χ0v) is 16.2. The number of esters is 1. The van der Waals surface area contributed by atoms with E-state index in [1.165, 1.54) is 5.69 Å². The standard InChI is InChI=1S/C18H29NO2S2/c1-4-21-18(20)15-16-7-9-17(10-8-16)19(11-13-22-5-2)12-14-23-6-3/h7-10H,4-6,11-15H2,1-3H3. The monoisotopic (exact) mass is 355 g/mol. The lowest BCUT2D eigenvalue weighted by atomic mass is 10.1. The Balaban J connectivity index is 2.63. The van der Waals surface area contributed by atoms with E-state index in [0.717, 1.165) is 41.7 Å². The molecule has 0 fully saturated rings. The summed E-state index contributed by atoms with van der Waals surface area (Å²) in [5, 5.41) is 0. The van der Waals surface area contributed by atoms with Gasteiger partial charge in [-0.15, -0.1) is 0 Å². The number of anilines is 1. The van der Waals surface area contributed by atoms with Gasteiger partial charge in [0.1, 0.15) is 0 Å². The van der Waals surface area contributed by atoms with E-state index in [2.05, 4.69) is 30.9 Å². The van der Waals surface area contributed by atoms with Crippen molar-refractivity contribution < 1.29 is 9.53 Å². The summed E-state index contributed by atoms with van der Waals surface area (Å²) >= 11 is 3.96. The summed E-state index contributed by atoms with van der Waals surface area (Å²) in [7, 11) is 0. The first-order valence-corrected chi connectivity index (χ1v) is 10.7. The van der Waals surface area contributed by atoms with Gasteiger partial charge in [0.05, 0.1) is 13.0 Å². The van der Waals surface area contributed by atoms with E-state index in [1.807, 2.05) is 42.6 Å². The number of carbonyl (C=O) groups is 1. The molecule has 0 aromatic heterocycles. The van der Waals surface area contributed by atoms with Crippen LogP contribution in [0.3, 0.4) is 0 Å². The molecule has 0 amide bonds. The maximum Gasteiger partial charge on any atom is 0.310 e. The Morgan fingerprint density at radius 1 is 1.00 bits per heavy atom. The Bertz CT molecular complexity index is 427. The molecule has 0 heterocycles. The number of hydrogen-bond donors (Lipinski definition) is 0. The average Bonchev–Trinajstić information content (AvgIpc) is 2.55. The minimum absolute atomic E-state index is 0.157. The minimum atomic E-state index is -0.157. The summed E-state index contributed by atoms with van der Waals surface area (Å²) in [4.78, 5) is 14.0. The summed E-state index contributed by atoms with van der Waals surface area (Å²) in [6, 6.07) is 8.34. The third-order valence-electron chi connectivity index (χ3n) is 3.37. The average molecular weight is 356 g/mol. The first-order chi connectivity index (χ1) is 11.2. The third kappa shape index (κ3) is 8.56. The van der Waals surface area contributed by atoms with Crippen molar-refractivity contribution in [3.63, 3.8) is 0 Å². The summed E-state index contributed by atoms with van der Waals surface area (Å²) in [6.45, 7) is 8.81. The van der Waals surface area contributed by atoms with Crippen LogP contribution in [0.15, 0.2) is 24.3 Å². The van der Waals surface area contributed by atoms with E-state index >= 15 is 0 Å². The highest BCUT2D eigenvalue weighted by atomic mass is 32.2. The van der Waals surface area contributed by atoms with Crippen LogP contribution in [0, 0.1) is 0 Å². The molecule has 0 saturated carbocycles. The maximum atomic E-state index is 11.5. The SMILES string of the molecule is CCOC(=O)Cc1ccc(N(CCSCC)CCSCC)cc1. The second kappa shape index (κ2) is 12.6. The van der Waals surface area contributed by atoms with Gasteiger partial charge in [-0.3, -0.25) is 4.79 Å². The highest BCUT2D eigenvalue weighted by Crippen LogP contribution is 2.17. The first kappa shape index (κ1) is 20.2. The van der Waals surface area contributed by atoms with E-state index < -0.39 is 0 Å². The predicted molar refractivity (Wildman–Crippen MR) is 105 cm³/mol. The lowest BCUT2D eigenvalue weighted by Crippen LogP contribution is -2.28. The smallest absolute Gasteiger partial charge is 0.310 e. The van der Waals surface area contributed by atoms with Gasteiger partial charge in [-0.1, -0.05) is 26.0 Å². The van der Waals surface area contributed by atoms with Crippen molar-refractivity contribution in [3.05, 3.63) is 29.8 Å². The van der Waals surface area contributed by atoms with Crippen LogP contribution >= 0.6 is 23.5 Å². The summed E-state index contributed by atoms with van der Waals surface area (Å²) < 4.78 is 5.00. The van der Waals surface area contributed by atoms with Gasteiger partial charge < -0.3 is 9.64 Å². The lowest BCUT2D eigenvalue weighted by molar-refractivity contribution is -0.142. The van der Waals surface area contributed by atoms with Crippen molar-refractivity contribution in [3.8, 4) is 0 Å². The van der Waals surface area contributed by atoms with Crippen LogP contribution < -0.4 is 4.90 Å². The number of hydrogen-bond acceptors (Lipinski definition) is 5. The van der Waals surface area contributed by atoms with Crippen molar-refractivity contribution in [2.24, 2.45) is 0 Å². The lowest BCUT2D eigenvalue weighted by Gasteiger charge is -2.25. The molecule has 130 valence electrons. The highest BCUT2D eigenvalue weighted by Gasteiger charge is 2.08. The zero-order chi connectivity index (χ0) is 16.9. The van der Waals surface area contributed by atoms with E-state index in [-0.39, 0.29) is 5.97 Å². The molecule has 0 atom stereocenters. The van der Waals surface area contributed by atoms with Crippen LogP contribution in [-0.4, -0.2) is 48.7 Å². The molecule has 0 unspecified atom stereocenters. The molecule has 1 aromatic carbocycles. The molecule has 3 nitrogen and oxygen atoms in total. The molecule has 1 aromatic rings. The Kier molecular flexibility index (Phi) is 11.1. The second-order valence-corrected chi connectivity index (χ2v) is 7.82. The number of carbonyl (C=O) groups excluding carboxylic acids is 1. The summed E-state index contributed by atoms with van der Waals surface area (Å²) in [6.07, 6.45) is 0.353. The molecular formula is C18H29NO2S2. The highest BCUT2D eigenvalue weighted by molar-refractivity contribution is 7.99. The Labute approximate surface area is 149 Å². The van der Waals surface area contributed by atoms with Crippen molar-refractivity contribution in [1.29, 1.82) is 0 Å². The number of benzene rings is 1. The van der Waals surface area contributed by atoms with Gasteiger partial charge in [-0.25, -0.2) is 0 Å². The van der Waals surface area contributed by atoms with Crippen LogP contribution in [0.1, 0.15) is 26.3 Å². The molecule has 0 spiro atoms. The number of rotatable bonds is 12. The van der Waals surface area contributed by atoms with Crippen LogP contribution in [0.25, 0.3) is 0 Å². The van der Waals surface area contributed by atoms with Crippen molar-refractivity contribution in [2.45, 2.75) is 27.2 Å². The van der Waals surface area contributed by atoms with E-state index in [4.69, 9.17) is 4.74 Å². The van der Waals surface area contributed by atoms with E-state index in [9.17, 15) is 4.79 Å². The molecule has 0 radical (unpaired) electrons. The van der Waals surface area contributed by atoms with E-state index in [1.54, 1.807) is 0 Å². The fraction of sp³-hybridized carbons (Fsp3) is 0.611. The molecule has 0 aliphatic carbocycles. The fourth-order valence-electron chi connectivity index (χ4n) is 2.21. The molecule has 0 aliphatic rings. The Morgan fingerprint density at radius 2 is 1.57 bits per heavy atom. The quantitative estimate of drug-likeness (QED) is 0.416. The largest absolute Gasteiger partial charge is 0.466 e. The molecule has 0 saturated heterocycles. The molecular weight excluding hydrogens is 326 g/mol. The van der Waals surface area contributed by atoms with Crippen molar-refractivity contribution in [2.75, 3.05) is 47.6 Å². The molecule has 1 rings (SSSR count). The van der Waals surface area contributed by atoms with Crippen LogP contribution in [0.5, 0.6) is 0 Å². The van der Waals surface area contributed by atoms with Gasteiger partial charge in [0, 0.05) is 30.3 Å². The van der Waals surface area contributed by atoms with Gasteiger partial charge >= 0.3 is 5.97 Å². The summed E-state index contributed by atoms with van der Waals surface area (Å²) in [5.74, 6) is 4.47. The van der Waals surface area contributed by atoms with Gasteiger partial charge in [-0.2, -0.15) is 23.5 Å². The topological polar surface area (TPSA) is 29.5 Å². The number of nitrogens with zero attached hydrogens (tertiary/aromatic N) is 1. The predicted octanol–water partition coefficient (Wildman–Crippen LogP) is 4.10. The van der Waals surface area contributed by atoms with Crippen LogP contribution in [0.2, 0.25) is 0 Å². The van der Waals surface area contributed by atoms with Gasteiger partial charge in [-0.05, 0) is 36.1 Å². The molecule has 0 aliphatic heterocycles. The molecule has 23 heavy (non-hydrogen) atoms. The van der Waals surface area contributed by atoms with Gasteiger partial charge in [0.15, 0.2) is 0 Å². The number of ether oxygens (including phenoxy) is 1. The van der Waals surface area contributed by atoms with Crippen molar-refractivity contribution in [1.82, 2.24) is 0 Å². The Hall–Kier alpha value is -0.810. The van der Waals surface area contributed by atoms with Crippen LogP contribution in [-0.2, 0) is 16.0 Å². The van der Waals surface area contributed by atoms with E-state index in [0.29, 0.717) is 13.0 Å². The first-order valence-electron chi connectivity index (χ1n) is 8.36. The van der Waals surface area contributed by atoms with Crippen molar-refractivity contribution >= 4 is 35.2 Å². The summed E-state index contributed by atoms with van der Waals surface area (Å²) in [5.41, 5.74) is 2.25. The Morgan fingerprint density at radius 3 is 2.04 bits per heavy atom. The molecule has 5 heteroatoms.